The van der Waals surface area contributed by atoms with E-state index in [-0.39, 0.29) is 29.8 Å². The third-order valence-corrected chi connectivity index (χ3v) is 7.35. The van der Waals surface area contributed by atoms with Crippen molar-refractivity contribution in [1.82, 2.24) is 9.29 Å². The zero-order valence-electron chi connectivity index (χ0n) is 14.2. The van der Waals surface area contributed by atoms with E-state index >= 15 is 0 Å². The highest BCUT2D eigenvalue weighted by Crippen LogP contribution is 2.33. The number of sulfonamides is 1. The van der Waals surface area contributed by atoms with E-state index in [0.29, 0.717) is 0 Å². The van der Waals surface area contributed by atoms with Gasteiger partial charge in [0.1, 0.15) is 0 Å². The molecule has 0 bridgehead atoms. The second kappa shape index (κ2) is 6.53. The van der Waals surface area contributed by atoms with E-state index in [0.717, 1.165) is 15.2 Å². The van der Waals surface area contributed by atoms with Gasteiger partial charge in [0.25, 0.3) is 0 Å². The fourth-order valence-corrected chi connectivity index (χ4v) is 5.36. The number of benzene rings is 1. The van der Waals surface area contributed by atoms with E-state index in [2.05, 4.69) is 30.5 Å². The first kappa shape index (κ1) is 18.6. The minimum absolute atomic E-state index is 0.0549. The number of alkyl halides is 2. The van der Waals surface area contributed by atoms with Crippen LogP contribution in [0.2, 0.25) is 0 Å². The molecule has 1 fully saturated rings. The Morgan fingerprint density at radius 2 is 2.08 bits per heavy atom. The Labute approximate surface area is 149 Å². The monoisotopic (exact) mass is 390 g/mol. The van der Waals surface area contributed by atoms with Crippen LogP contribution in [0, 0.1) is 0 Å². The van der Waals surface area contributed by atoms with Crippen LogP contribution in [-0.4, -0.2) is 43.5 Å². The highest BCUT2D eigenvalue weighted by atomic mass is 32.2. The summed E-state index contributed by atoms with van der Waals surface area (Å²) in [6.45, 7) is 3.38. The number of fused-ring (bicyclic) bond motifs is 1. The first-order valence-electron chi connectivity index (χ1n) is 7.92. The van der Waals surface area contributed by atoms with Gasteiger partial charge in [0.15, 0.2) is 0 Å². The molecule has 0 spiro atoms. The molecule has 9 heteroatoms. The molecule has 1 saturated heterocycles. The third-order valence-electron chi connectivity index (χ3n) is 4.04. The van der Waals surface area contributed by atoms with Gasteiger partial charge in [0, 0.05) is 18.5 Å². The summed E-state index contributed by atoms with van der Waals surface area (Å²) in [5, 5.41) is 0.934. The average molecular weight is 390 g/mol. The van der Waals surface area contributed by atoms with Gasteiger partial charge in [-0.3, -0.25) is 0 Å². The van der Waals surface area contributed by atoms with Crippen LogP contribution in [0.25, 0.3) is 10.2 Å². The third kappa shape index (κ3) is 3.84. The minimum Gasteiger partial charge on any atom is -0.318 e. The molecular weight excluding hydrogens is 370 g/mol. The summed E-state index contributed by atoms with van der Waals surface area (Å²) in [7, 11) is -3.74. The Hall–Kier alpha value is -1.16. The van der Waals surface area contributed by atoms with Gasteiger partial charge in [-0.25, -0.2) is 13.4 Å². The number of hydrogen-bond acceptors (Lipinski definition) is 5. The molecule has 2 aromatic rings. The van der Waals surface area contributed by atoms with Crippen LogP contribution < -0.4 is 0 Å². The predicted octanol–water partition coefficient (Wildman–Crippen LogP) is 3.60. The van der Waals surface area contributed by atoms with Crippen LogP contribution >= 0.6 is 11.3 Å². The summed E-state index contributed by atoms with van der Waals surface area (Å²) in [5.41, 5.74) is 0.645. The van der Waals surface area contributed by atoms with Crippen molar-refractivity contribution in [3.05, 3.63) is 23.2 Å². The second-order valence-electron chi connectivity index (χ2n) is 7.07. The lowest BCUT2D eigenvalue weighted by Crippen LogP contribution is -2.30. The molecule has 2 heterocycles. The van der Waals surface area contributed by atoms with Crippen molar-refractivity contribution >= 4 is 31.6 Å². The molecule has 1 aliphatic heterocycles. The van der Waals surface area contributed by atoms with E-state index in [1.165, 1.54) is 21.7 Å². The highest BCUT2D eigenvalue weighted by Gasteiger charge is 2.34. The molecule has 25 heavy (non-hydrogen) atoms. The van der Waals surface area contributed by atoms with Crippen LogP contribution in [0.5, 0.6) is 0 Å². The number of halogens is 2. The number of rotatable bonds is 4. The lowest BCUT2D eigenvalue weighted by atomic mass is 9.98. The quantitative estimate of drug-likeness (QED) is 0.800. The van der Waals surface area contributed by atoms with Gasteiger partial charge in [-0.2, -0.15) is 13.1 Å². The fourth-order valence-electron chi connectivity index (χ4n) is 2.71. The van der Waals surface area contributed by atoms with Crippen LogP contribution in [0.3, 0.4) is 0 Å². The molecule has 3 rings (SSSR count). The van der Waals surface area contributed by atoms with Gasteiger partial charge < -0.3 is 4.74 Å². The lowest BCUT2D eigenvalue weighted by Gasteiger charge is -2.16. The van der Waals surface area contributed by atoms with E-state index in [1.807, 2.05) is 0 Å². The van der Waals surface area contributed by atoms with Crippen molar-refractivity contribution in [1.29, 1.82) is 0 Å². The first-order chi connectivity index (χ1) is 11.6. The largest absolute Gasteiger partial charge is 0.345 e. The molecule has 0 amide bonds. The molecule has 1 aromatic carbocycles. The average Bonchev–Trinajstić information content (AvgIpc) is 3.11. The highest BCUT2D eigenvalue weighted by molar-refractivity contribution is 7.89. The fraction of sp³-hybridized carbons (Fsp3) is 0.562. The van der Waals surface area contributed by atoms with Crippen molar-refractivity contribution in [2.24, 2.45) is 0 Å². The predicted molar refractivity (Wildman–Crippen MR) is 92.6 cm³/mol. The molecule has 5 nitrogen and oxygen atoms in total. The zero-order chi connectivity index (χ0) is 18.4. The van der Waals surface area contributed by atoms with Crippen LogP contribution in [-0.2, 0) is 20.2 Å². The van der Waals surface area contributed by atoms with E-state index in [4.69, 9.17) is 0 Å². The topological polar surface area (TPSA) is 59.5 Å². The smallest absolute Gasteiger partial charge is 0.318 e. The Morgan fingerprint density at radius 3 is 2.72 bits per heavy atom. The molecule has 1 aliphatic rings. The molecule has 0 saturated carbocycles. The molecule has 1 atom stereocenters. The summed E-state index contributed by atoms with van der Waals surface area (Å²) in [4.78, 5) is 4.71. The van der Waals surface area contributed by atoms with Crippen molar-refractivity contribution in [2.75, 3.05) is 13.1 Å². The normalized spacial score (nSPS) is 20.0. The summed E-state index contributed by atoms with van der Waals surface area (Å²) in [6.07, 6.45) is -0.505. The summed E-state index contributed by atoms with van der Waals surface area (Å²) >= 11 is 1.47. The Kier molecular flexibility index (Phi) is 4.87. The van der Waals surface area contributed by atoms with Crippen molar-refractivity contribution in [3.63, 3.8) is 0 Å². The molecule has 1 aromatic heterocycles. The van der Waals surface area contributed by atoms with Gasteiger partial charge in [0.2, 0.25) is 10.0 Å². The van der Waals surface area contributed by atoms with Crippen LogP contribution in [0.4, 0.5) is 8.78 Å². The SMILES string of the molecule is CC(C)(C)c1nc2ccc(S(=O)(=O)N3CC[C@H](OC(F)F)C3)cc2s1. The number of aromatic nitrogens is 1. The zero-order valence-corrected chi connectivity index (χ0v) is 15.8. The number of nitrogens with zero attached hydrogens (tertiary/aromatic N) is 2. The van der Waals surface area contributed by atoms with Crippen LogP contribution in [0.15, 0.2) is 23.1 Å². The van der Waals surface area contributed by atoms with Crippen molar-refractivity contribution in [3.8, 4) is 0 Å². The Morgan fingerprint density at radius 1 is 1.36 bits per heavy atom. The van der Waals surface area contributed by atoms with Crippen LogP contribution in [0.1, 0.15) is 32.2 Å². The molecular formula is C16H20F2N2O3S2. The molecule has 138 valence electrons. The minimum atomic E-state index is -3.74. The van der Waals surface area contributed by atoms with Gasteiger partial charge in [-0.15, -0.1) is 11.3 Å². The number of ether oxygens (including phenoxy) is 1. The van der Waals surface area contributed by atoms with E-state index < -0.39 is 22.7 Å². The summed E-state index contributed by atoms with van der Waals surface area (Å²) in [6, 6.07) is 4.82. The summed E-state index contributed by atoms with van der Waals surface area (Å²) in [5.74, 6) is 0. The second-order valence-corrected chi connectivity index (χ2v) is 10.0. The molecule has 0 unspecified atom stereocenters. The van der Waals surface area contributed by atoms with Crippen molar-refractivity contribution in [2.45, 2.75) is 50.2 Å². The maximum atomic E-state index is 12.8. The lowest BCUT2D eigenvalue weighted by molar-refractivity contribution is -0.157. The van der Waals surface area contributed by atoms with Gasteiger partial charge in [-0.1, -0.05) is 20.8 Å². The molecule has 0 radical (unpaired) electrons. The van der Waals surface area contributed by atoms with Crippen molar-refractivity contribution < 1.29 is 21.9 Å². The van der Waals surface area contributed by atoms with Gasteiger partial charge in [-0.05, 0) is 24.6 Å². The van der Waals surface area contributed by atoms with Gasteiger partial charge >= 0.3 is 6.61 Å². The number of thiazole rings is 1. The maximum Gasteiger partial charge on any atom is 0.345 e. The number of hydrogen-bond donors (Lipinski definition) is 0. The van der Waals surface area contributed by atoms with E-state index in [9.17, 15) is 17.2 Å². The Balaban J connectivity index is 1.87. The molecule has 0 N–H and O–H groups in total. The standard InChI is InChI=1S/C16H20F2N2O3S2/c1-16(2,3)14-19-12-5-4-11(8-13(12)24-14)25(21,22)20-7-6-10(9-20)23-15(17)18/h4-5,8,10,15H,6-7,9H2,1-3H3/t10-/m0/s1. The Bertz CT molecular complexity index is 875. The maximum absolute atomic E-state index is 12.8. The molecule has 0 aliphatic carbocycles. The summed E-state index contributed by atoms with van der Waals surface area (Å²) < 4.78 is 56.6. The van der Waals surface area contributed by atoms with E-state index in [1.54, 1.807) is 12.1 Å². The first-order valence-corrected chi connectivity index (χ1v) is 10.2. The van der Waals surface area contributed by atoms with Gasteiger partial charge in [0.05, 0.1) is 26.2 Å².